The van der Waals surface area contributed by atoms with Crippen LogP contribution in [0.4, 0.5) is 0 Å². The van der Waals surface area contributed by atoms with E-state index >= 15 is 0 Å². The van der Waals surface area contributed by atoms with Gasteiger partial charge in [-0.1, -0.05) is 261 Å². The van der Waals surface area contributed by atoms with Crippen molar-refractivity contribution in [3.63, 3.8) is 0 Å². The van der Waals surface area contributed by atoms with Crippen molar-refractivity contribution in [3.05, 3.63) is 72.9 Å². The Morgan fingerprint density at radius 3 is 0.836 bits per heavy atom. The Kier molecular flexibility index (Phi) is 58.7. The molecule has 1 atom stereocenters. The summed E-state index contributed by atoms with van der Waals surface area (Å²) in [7, 11) is 0. The molecule has 0 saturated heterocycles. The van der Waals surface area contributed by atoms with Crippen LogP contribution < -0.4 is 0 Å². The molecule has 6 heteroatoms. The Morgan fingerprint density at radius 2 is 0.521 bits per heavy atom. The fourth-order valence-corrected chi connectivity index (χ4v) is 8.90. The lowest BCUT2D eigenvalue weighted by molar-refractivity contribution is -0.167. The number of unbranched alkanes of at least 4 members (excludes halogenated alkanes) is 34. The van der Waals surface area contributed by atoms with Crippen LogP contribution in [0.15, 0.2) is 72.9 Å². The molecule has 0 rings (SSSR count). The molecule has 0 aromatic heterocycles. The van der Waals surface area contributed by atoms with Gasteiger partial charge in [-0.2, -0.15) is 0 Å². The van der Waals surface area contributed by atoms with Crippen molar-refractivity contribution in [1.29, 1.82) is 0 Å². The summed E-state index contributed by atoms with van der Waals surface area (Å²) in [5, 5.41) is 0. The highest BCUT2D eigenvalue weighted by Gasteiger charge is 2.19. The SMILES string of the molecule is CCC/C=C\C/C=C\CCCCCCCC(=O)OCC(COC(=O)CCCCCCCC/C=C\C/C=C\C/C=C\CCCCCCC)OC(=O)CCCCCCCCCCC/C=C\CCCCCCCCCC. The second-order valence-electron chi connectivity index (χ2n) is 21.0. The van der Waals surface area contributed by atoms with Crippen LogP contribution in [0.5, 0.6) is 0 Å². The maximum atomic E-state index is 12.9. The molecule has 0 aliphatic heterocycles. The molecule has 0 aliphatic rings. The van der Waals surface area contributed by atoms with Crippen LogP contribution in [0, 0.1) is 0 Å². The number of carbonyl (C=O) groups is 3. The van der Waals surface area contributed by atoms with Crippen molar-refractivity contribution in [3.8, 4) is 0 Å². The molecule has 0 aromatic carbocycles. The van der Waals surface area contributed by atoms with Gasteiger partial charge in [-0.05, 0) is 109 Å². The smallest absolute Gasteiger partial charge is 0.306 e. The van der Waals surface area contributed by atoms with E-state index in [-0.39, 0.29) is 31.1 Å². The van der Waals surface area contributed by atoms with E-state index in [2.05, 4.69) is 93.7 Å². The zero-order valence-electron chi connectivity index (χ0n) is 48.4. The number of allylic oxidation sites excluding steroid dienone is 12. The Hall–Kier alpha value is -3.15. The molecular formula is C67H118O6. The standard InChI is InChI=1S/C67H118O6/c1-4-7-10-13-16-19-22-25-27-29-31-33-35-37-39-42-45-48-51-54-57-60-66(69)72-63-64(62-71-65(68)59-56-53-50-47-44-41-24-21-18-15-12-9-6-3)73-67(70)61-58-55-52-49-46-43-40-38-36-34-32-30-28-26-23-20-17-14-11-8-5-2/h12,15,21-22,24-25,29-32,35,37,64H,4-11,13-14,16-20,23,26-28,33-34,36,38-63H2,1-3H3/b15-12-,24-21-,25-22-,31-29-,32-30-,37-35-. The molecule has 6 nitrogen and oxygen atoms in total. The summed E-state index contributed by atoms with van der Waals surface area (Å²) in [5.74, 6) is -0.903. The van der Waals surface area contributed by atoms with E-state index in [1.807, 2.05) is 0 Å². The molecule has 0 radical (unpaired) electrons. The first-order valence-corrected chi connectivity index (χ1v) is 31.4. The molecule has 0 saturated carbocycles. The number of esters is 3. The molecule has 0 spiro atoms. The maximum absolute atomic E-state index is 12.9. The van der Waals surface area contributed by atoms with E-state index in [0.717, 1.165) is 109 Å². The molecule has 422 valence electrons. The minimum absolute atomic E-state index is 0.0868. The van der Waals surface area contributed by atoms with Gasteiger partial charge in [-0.25, -0.2) is 0 Å². The molecule has 0 amide bonds. The minimum Gasteiger partial charge on any atom is -0.462 e. The highest BCUT2D eigenvalue weighted by atomic mass is 16.6. The number of ether oxygens (including phenoxy) is 3. The third-order valence-electron chi connectivity index (χ3n) is 13.6. The lowest BCUT2D eigenvalue weighted by atomic mass is 10.1. The number of hydrogen-bond donors (Lipinski definition) is 0. The van der Waals surface area contributed by atoms with E-state index in [1.165, 1.54) is 167 Å². The summed E-state index contributed by atoms with van der Waals surface area (Å²) in [6.07, 6.45) is 79.0. The van der Waals surface area contributed by atoms with Gasteiger partial charge in [0.05, 0.1) is 0 Å². The highest BCUT2D eigenvalue weighted by molar-refractivity contribution is 5.71. The number of carbonyl (C=O) groups excluding carboxylic acids is 3. The molecule has 0 N–H and O–H groups in total. The van der Waals surface area contributed by atoms with Crippen molar-refractivity contribution in [2.75, 3.05) is 13.2 Å². The van der Waals surface area contributed by atoms with Crippen LogP contribution >= 0.6 is 0 Å². The first-order valence-electron chi connectivity index (χ1n) is 31.4. The molecule has 0 aliphatic carbocycles. The van der Waals surface area contributed by atoms with Gasteiger partial charge in [-0.15, -0.1) is 0 Å². The highest BCUT2D eigenvalue weighted by Crippen LogP contribution is 2.16. The van der Waals surface area contributed by atoms with Gasteiger partial charge in [0.25, 0.3) is 0 Å². The fourth-order valence-electron chi connectivity index (χ4n) is 8.90. The summed E-state index contributed by atoms with van der Waals surface area (Å²) in [6, 6.07) is 0. The largest absolute Gasteiger partial charge is 0.462 e. The molecular weight excluding hydrogens is 901 g/mol. The average Bonchev–Trinajstić information content (AvgIpc) is 3.39. The number of rotatable bonds is 57. The van der Waals surface area contributed by atoms with Gasteiger partial charge in [0, 0.05) is 19.3 Å². The summed E-state index contributed by atoms with van der Waals surface area (Å²) in [5.41, 5.74) is 0. The molecule has 0 heterocycles. The van der Waals surface area contributed by atoms with E-state index in [0.29, 0.717) is 19.3 Å². The van der Waals surface area contributed by atoms with E-state index < -0.39 is 6.10 Å². The van der Waals surface area contributed by atoms with Gasteiger partial charge in [0.1, 0.15) is 13.2 Å². The molecule has 0 bridgehead atoms. The van der Waals surface area contributed by atoms with Crippen LogP contribution in [-0.4, -0.2) is 37.2 Å². The Bertz CT molecular complexity index is 1360. The zero-order chi connectivity index (χ0) is 52.9. The third-order valence-corrected chi connectivity index (χ3v) is 13.6. The second-order valence-corrected chi connectivity index (χ2v) is 21.0. The lowest BCUT2D eigenvalue weighted by Crippen LogP contribution is -2.30. The van der Waals surface area contributed by atoms with Crippen molar-refractivity contribution in [2.45, 2.75) is 322 Å². The molecule has 1 unspecified atom stereocenters. The normalized spacial score (nSPS) is 12.5. The molecule has 73 heavy (non-hydrogen) atoms. The Morgan fingerprint density at radius 1 is 0.274 bits per heavy atom. The topological polar surface area (TPSA) is 78.9 Å². The van der Waals surface area contributed by atoms with Gasteiger partial charge >= 0.3 is 17.9 Å². The van der Waals surface area contributed by atoms with Crippen molar-refractivity contribution in [1.82, 2.24) is 0 Å². The van der Waals surface area contributed by atoms with Crippen molar-refractivity contribution in [2.24, 2.45) is 0 Å². The minimum atomic E-state index is -0.789. The van der Waals surface area contributed by atoms with Gasteiger partial charge in [-0.3, -0.25) is 14.4 Å². The maximum Gasteiger partial charge on any atom is 0.306 e. The van der Waals surface area contributed by atoms with Crippen molar-refractivity contribution >= 4 is 17.9 Å². The summed E-state index contributed by atoms with van der Waals surface area (Å²) in [6.45, 7) is 6.57. The second kappa shape index (κ2) is 61.4. The quantitative estimate of drug-likeness (QED) is 0.0261. The zero-order valence-corrected chi connectivity index (χ0v) is 48.4. The van der Waals surface area contributed by atoms with Gasteiger partial charge in [0.15, 0.2) is 6.10 Å². The summed E-state index contributed by atoms with van der Waals surface area (Å²) >= 11 is 0. The van der Waals surface area contributed by atoms with Crippen molar-refractivity contribution < 1.29 is 28.6 Å². The Labute approximate surface area is 453 Å². The monoisotopic (exact) mass is 1020 g/mol. The first-order chi connectivity index (χ1) is 36.0. The fraction of sp³-hybridized carbons (Fsp3) is 0.776. The molecule has 0 aromatic rings. The predicted molar refractivity (Wildman–Crippen MR) is 316 cm³/mol. The van der Waals surface area contributed by atoms with E-state index in [1.54, 1.807) is 0 Å². The van der Waals surface area contributed by atoms with Crippen LogP contribution in [-0.2, 0) is 28.6 Å². The lowest BCUT2D eigenvalue weighted by Gasteiger charge is -2.18. The van der Waals surface area contributed by atoms with E-state index in [9.17, 15) is 14.4 Å². The Balaban J connectivity index is 4.37. The van der Waals surface area contributed by atoms with Crippen LogP contribution in [0.25, 0.3) is 0 Å². The van der Waals surface area contributed by atoms with Crippen LogP contribution in [0.2, 0.25) is 0 Å². The van der Waals surface area contributed by atoms with Crippen LogP contribution in [0.3, 0.4) is 0 Å². The average molecular weight is 1020 g/mol. The van der Waals surface area contributed by atoms with Gasteiger partial charge in [0.2, 0.25) is 0 Å². The van der Waals surface area contributed by atoms with E-state index in [4.69, 9.17) is 14.2 Å². The number of hydrogen-bond acceptors (Lipinski definition) is 6. The summed E-state index contributed by atoms with van der Waals surface area (Å²) < 4.78 is 16.9. The first kappa shape index (κ1) is 69.8. The molecule has 0 fully saturated rings. The summed E-state index contributed by atoms with van der Waals surface area (Å²) in [4.78, 5) is 38.3. The third kappa shape index (κ3) is 59.6. The van der Waals surface area contributed by atoms with Gasteiger partial charge < -0.3 is 14.2 Å². The predicted octanol–water partition coefficient (Wildman–Crippen LogP) is 21.3. The van der Waals surface area contributed by atoms with Crippen LogP contribution in [0.1, 0.15) is 316 Å².